The van der Waals surface area contributed by atoms with Gasteiger partial charge in [-0.1, -0.05) is 11.6 Å². The number of pyridine rings is 1. The van der Waals surface area contributed by atoms with E-state index in [2.05, 4.69) is 15.2 Å². The van der Waals surface area contributed by atoms with Gasteiger partial charge in [-0.25, -0.2) is 4.98 Å². The van der Waals surface area contributed by atoms with Crippen LogP contribution in [0.2, 0.25) is 5.02 Å². The van der Waals surface area contributed by atoms with Crippen LogP contribution < -0.4 is 19.5 Å². The molecule has 0 aliphatic carbocycles. The minimum absolute atomic E-state index is 0.130. The minimum Gasteiger partial charge on any atom is -0.492 e. The Morgan fingerprint density at radius 1 is 1.09 bits per heavy atom. The average molecular weight is 464 g/mol. The first kappa shape index (κ1) is 24.4. The van der Waals surface area contributed by atoms with Crippen LogP contribution in [0.3, 0.4) is 0 Å². The van der Waals surface area contributed by atoms with Crippen LogP contribution in [-0.4, -0.2) is 60.5 Å². The fourth-order valence-electron chi connectivity index (χ4n) is 3.75. The molecule has 2 heterocycles. The molecule has 0 saturated carbocycles. The van der Waals surface area contributed by atoms with Gasteiger partial charge in [0.05, 0.1) is 26.0 Å². The topological polar surface area (TPSA) is 76.1 Å². The number of nitrogens with one attached hydrogen (secondary N) is 1. The third-order valence-corrected chi connectivity index (χ3v) is 5.69. The number of aromatic nitrogens is 1. The summed E-state index contributed by atoms with van der Waals surface area (Å²) in [4.78, 5) is 6.89. The van der Waals surface area contributed by atoms with E-state index in [9.17, 15) is 0 Å². The fraction of sp³-hybridized carbons (Fsp3) is 0.542. The van der Waals surface area contributed by atoms with Crippen molar-refractivity contribution in [3.8, 4) is 17.2 Å². The van der Waals surface area contributed by atoms with E-state index < -0.39 is 0 Å². The van der Waals surface area contributed by atoms with Crippen LogP contribution in [0.1, 0.15) is 38.7 Å². The molecule has 0 amide bonds. The van der Waals surface area contributed by atoms with Crippen molar-refractivity contribution in [3.63, 3.8) is 0 Å². The zero-order valence-corrected chi connectivity index (χ0v) is 19.7. The highest BCUT2D eigenvalue weighted by atomic mass is 35.5. The summed E-state index contributed by atoms with van der Waals surface area (Å²) in [6.45, 7) is 8.49. The normalized spacial score (nSPS) is 14.9. The smallest absolute Gasteiger partial charge is 0.141 e. The van der Waals surface area contributed by atoms with Crippen molar-refractivity contribution in [2.24, 2.45) is 0 Å². The maximum Gasteiger partial charge on any atom is 0.141 e. The number of aliphatic hydroxyl groups excluding tert-OH is 1. The molecule has 176 valence electrons. The van der Waals surface area contributed by atoms with Gasteiger partial charge in [-0.15, -0.1) is 0 Å². The summed E-state index contributed by atoms with van der Waals surface area (Å²) in [5.41, 5.74) is 1.14. The molecular weight excluding hydrogens is 430 g/mol. The summed E-state index contributed by atoms with van der Waals surface area (Å²) < 4.78 is 16.9. The molecule has 0 unspecified atom stereocenters. The highest BCUT2D eigenvalue weighted by Crippen LogP contribution is 2.36. The van der Waals surface area contributed by atoms with E-state index in [-0.39, 0.29) is 6.61 Å². The molecule has 1 saturated heterocycles. The summed E-state index contributed by atoms with van der Waals surface area (Å²) >= 11 is 6.42. The number of nitrogens with zero attached hydrogens (tertiary/aromatic N) is 2. The predicted octanol–water partition coefficient (Wildman–Crippen LogP) is 4.37. The number of benzene rings is 1. The minimum atomic E-state index is 0.130. The van der Waals surface area contributed by atoms with Gasteiger partial charge in [-0.05, 0) is 56.5 Å². The summed E-state index contributed by atoms with van der Waals surface area (Å²) in [6, 6.07) is 8.29. The Morgan fingerprint density at radius 2 is 1.78 bits per heavy atom. The maximum absolute atomic E-state index is 8.83. The van der Waals surface area contributed by atoms with Gasteiger partial charge in [0.1, 0.15) is 28.1 Å². The molecule has 1 aliphatic heterocycles. The molecule has 7 nitrogen and oxygen atoms in total. The number of aliphatic hydroxyl groups is 1. The molecule has 3 rings (SSSR count). The second-order valence-corrected chi connectivity index (χ2v) is 8.15. The number of anilines is 1. The highest BCUT2D eigenvalue weighted by molar-refractivity contribution is 6.33. The van der Waals surface area contributed by atoms with E-state index in [0.717, 1.165) is 49.6 Å². The first-order valence-electron chi connectivity index (χ1n) is 11.4. The van der Waals surface area contributed by atoms with Crippen molar-refractivity contribution in [1.82, 2.24) is 9.88 Å². The van der Waals surface area contributed by atoms with E-state index >= 15 is 0 Å². The van der Waals surface area contributed by atoms with Gasteiger partial charge in [-0.2, -0.15) is 0 Å². The quantitative estimate of drug-likeness (QED) is 0.452. The number of halogens is 1. The summed E-state index contributed by atoms with van der Waals surface area (Å²) in [6.07, 6.45) is 4.43. The van der Waals surface area contributed by atoms with E-state index in [1.165, 1.54) is 0 Å². The van der Waals surface area contributed by atoms with Crippen molar-refractivity contribution in [1.29, 1.82) is 0 Å². The van der Waals surface area contributed by atoms with E-state index in [0.29, 0.717) is 48.8 Å². The number of likely N-dealkylation sites (tertiary alicyclic amines) is 1. The summed E-state index contributed by atoms with van der Waals surface area (Å²) in [5.74, 6) is 2.95. The van der Waals surface area contributed by atoms with Crippen molar-refractivity contribution >= 4 is 17.4 Å². The second-order valence-electron chi connectivity index (χ2n) is 7.77. The third kappa shape index (κ3) is 7.15. The van der Waals surface area contributed by atoms with Crippen molar-refractivity contribution in [3.05, 3.63) is 41.0 Å². The van der Waals surface area contributed by atoms with Crippen LogP contribution in [0.25, 0.3) is 0 Å². The maximum atomic E-state index is 8.83. The van der Waals surface area contributed by atoms with Gasteiger partial charge in [0.15, 0.2) is 0 Å². The van der Waals surface area contributed by atoms with E-state index in [1.807, 2.05) is 38.1 Å². The van der Waals surface area contributed by atoms with Crippen LogP contribution in [0.15, 0.2) is 30.5 Å². The predicted molar refractivity (Wildman–Crippen MR) is 127 cm³/mol. The standard InChI is InChI=1S/C24H34ClN3O4/c1-3-30-21-14-18(15-22(24(21)25)31-4-2)17-28-10-8-19(9-11-28)27-23-7-6-20(16-26-23)32-13-5-12-29/h6-7,14-16,19,29H,3-5,8-13,17H2,1-2H3,(H,26,27). The first-order valence-corrected chi connectivity index (χ1v) is 11.8. The molecule has 1 aromatic carbocycles. The molecule has 32 heavy (non-hydrogen) atoms. The molecular formula is C24H34ClN3O4. The van der Waals surface area contributed by atoms with Gasteiger partial charge < -0.3 is 24.6 Å². The van der Waals surface area contributed by atoms with Crippen LogP contribution in [-0.2, 0) is 6.54 Å². The number of ether oxygens (including phenoxy) is 3. The zero-order valence-electron chi connectivity index (χ0n) is 19.0. The largest absolute Gasteiger partial charge is 0.492 e. The molecule has 0 spiro atoms. The number of rotatable bonds is 12. The Balaban J connectivity index is 1.50. The lowest BCUT2D eigenvalue weighted by atomic mass is 10.0. The summed E-state index contributed by atoms with van der Waals surface area (Å²) in [7, 11) is 0. The van der Waals surface area contributed by atoms with Crippen molar-refractivity contribution in [2.45, 2.75) is 45.7 Å². The SMILES string of the molecule is CCOc1cc(CN2CCC(Nc3ccc(OCCCO)cn3)CC2)cc(OCC)c1Cl. The zero-order chi connectivity index (χ0) is 22.8. The van der Waals surface area contributed by atoms with Crippen LogP contribution in [0.4, 0.5) is 5.82 Å². The molecule has 1 aromatic heterocycles. The molecule has 0 radical (unpaired) electrons. The van der Waals surface area contributed by atoms with E-state index in [1.54, 1.807) is 6.20 Å². The Morgan fingerprint density at radius 3 is 2.34 bits per heavy atom. The molecule has 2 aromatic rings. The molecule has 1 aliphatic rings. The molecule has 0 bridgehead atoms. The number of hydrogen-bond acceptors (Lipinski definition) is 7. The lowest BCUT2D eigenvalue weighted by Crippen LogP contribution is -2.38. The van der Waals surface area contributed by atoms with Crippen LogP contribution in [0.5, 0.6) is 17.2 Å². The van der Waals surface area contributed by atoms with Crippen LogP contribution >= 0.6 is 11.6 Å². The third-order valence-electron chi connectivity index (χ3n) is 5.32. The molecule has 0 atom stereocenters. The van der Waals surface area contributed by atoms with Gasteiger partial charge in [0.2, 0.25) is 0 Å². The molecule has 1 fully saturated rings. The Hall–Kier alpha value is -2.22. The summed E-state index contributed by atoms with van der Waals surface area (Å²) in [5, 5.41) is 12.9. The van der Waals surface area contributed by atoms with Crippen molar-refractivity contribution < 1.29 is 19.3 Å². The Bertz CT molecular complexity index is 799. The molecule has 8 heteroatoms. The monoisotopic (exact) mass is 463 g/mol. The average Bonchev–Trinajstić information content (AvgIpc) is 2.80. The van der Waals surface area contributed by atoms with E-state index in [4.69, 9.17) is 30.9 Å². The fourth-order valence-corrected chi connectivity index (χ4v) is 3.97. The lowest BCUT2D eigenvalue weighted by molar-refractivity contribution is 0.210. The first-order chi connectivity index (χ1) is 15.6. The van der Waals surface area contributed by atoms with Crippen LogP contribution in [0, 0.1) is 0 Å². The van der Waals surface area contributed by atoms with Gasteiger partial charge in [0.25, 0.3) is 0 Å². The number of hydrogen-bond donors (Lipinski definition) is 2. The Kier molecular flexibility index (Phi) is 9.71. The van der Waals surface area contributed by atoms with Gasteiger partial charge in [0, 0.05) is 38.7 Å². The van der Waals surface area contributed by atoms with Crippen molar-refractivity contribution in [2.75, 3.05) is 44.8 Å². The molecule has 2 N–H and O–H groups in total. The Labute approximate surface area is 195 Å². The highest BCUT2D eigenvalue weighted by Gasteiger charge is 2.21. The lowest BCUT2D eigenvalue weighted by Gasteiger charge is -2.32. The van der Waals surface area contributed by atoms with Gasteiger partial charge >= 0.3 is 0 Å². The number of piperidine rings is 1. The second kappa shape index (κ2) is 12.7. The van der Waals surface area contributed by atoms with Gasteiger partial charge in [-0.3, -0.25) is 4.90 Å².